The molecule has 0 atom stereocenters. The SMILES string of the molecule is Fc1ccc(-c2cc(C(F)(F)F)c3[nH]c(C(Cl)(Cl)Cl)nc3c2)cc1. The van der Waals surface area contributed by atoms with Crippen LogP contribution in [0.15, 0.2) is 36.4 Å². The average Bonchev–Trinajstić information content (AvgIpc) is 2.89. The molecule has 0 radical (unpaired) electrons. The van der Waals surface area contributed by atoms with E-state index in [0.717, 1.165) is 18.2 Å². The van der Waals surface area contributed by atoms with Gasteiger partial charge in [-0.15, -0.1) is 0 Å². The Balaban J connectivity index is 2.28. The van der Waals surface area contributed by atoms with Crippen LogP contribution in [0.25, 0.3) is 22.2 Å². The Bertz CT molecular complexity index is 896. The molecular formula is C15H7Cl3F4N2. The third kappa shape index (κ3) is 3.31. The van der Waals surface area contributed by atoms with Gasteiger partial charge in [-0.25, -0.2) is 9.37 Å². The molecule has 2 aromatic carbocycles. The zero-order valence-electron chi connectivity index (χ0n) is 11.6. The first-order valence-electron chi connectivity index (χ1n) is 6.50. The number of nitrogens with zero attached hydrogens (tertiary/aromatic N) is 1. The van der Waals surface area contributed by atoms with E-state index in [0.29, 0.717) is 5.56 Å². The molecule has 0 aliphatic heterocycles. The summed E-state index contributed by atoms with van der Waals surface area (Å²) in [7, 11) is 0. The molecule has 0 fully saturated rings. The number of fused-ring (bicyclic) bond motifs is 1. The van der Waals surface area contributed by atoms with Gasteiger partial charge in [0.15, 0.2) is 5.82 Å². The minimum atomic E-state index is -4.65. The molecule has 1 heterocycles. The van der Waals surface area contributed by atoms with E-state index in [4.69, 9.17) is 34.8 Å². The van der Waals surface area contributed by atoms with Crippen molar-refractivity contribution in [3.05, 3.63) is 53.6 Å². The van der Waals surface area contributed by atoms with Crippen LogP contribution in [0, 0.1) is 5.82 Å². The van der Waals surface area contributed by atoms with Gasteiger partial charge in [-0.1, -0.05) is 46.9 Å². The van der Waals surface area contributed by atoms with Gasteiger partial charge >= 0.3 is 6.18 Å². The van der Waals surface area contributed by atoms with Crippen LogP contribution in [0.2, 0.25) is 0 Å². The van der Waals surface area contributed by atoms with Gasteiger partial charge in [0.25, 0.3) is 0 Å². The zero-order valence-corrected chi connectivity index (χ0v) is 13.8. The Morgan fingerprint density at radius 2 is 1.54 bits per heavy atom. The predicted molar refractivity (Wildman–Crippen MR) is 85.7 cm³/mol. The maximum Gasteiger partial charge on any atom is 0.418 e. The van der Waals surface area contributed by atoms with Crippen molar-refractivity contribution in [1.82, 2.24) is 9.97 Å². The summed E-state index contributed by atoms with van der Waals surface area (Å²) >= 11 is 17.1. The topological polar surface area (TPSA) is 28.7 Å². The molecule has 1 aromatic heterocycles. The van der Waals surface area contributed by atoms with Crippen LogP contribution in [-0.4, -0.2) is 9.97 Å². The van der Waals surface area contributed by atoms with Gasteiger partial charge in [-0.2, -0.15) is 13.2 Å². The molecule has 3 rings (SSSR count). The number of alkyl halides is 6. The lowest BCUT2D eigenvalue weighted by molar-refractivity contribution is -0.136. The minimum Gasteiger partial charge on any atom is -0.338 e. The molecule has 9 heteroatoms. The van der Waals surface area contributed by atoms with Crippen LogP contribution in [0.4, 0.5) is 17.6 Å². The minimum absolute atomic E-state index is 0.00882. The van der Waals surface area contributed by atoms with Crippen molar-refractivity contribution in [3.8, 4) is 11.1 Å². The van der Waals surface area contributed by atoms with E-state index in [1.807, 2.05) is 0 Å². The molecule has 0 spiro atoms. The molecular weight excluding hydrogens is 391 g/mol. The smallest absolute Gasteiger partial charge is 0.338 e. The van der Waals surface area contributed by atoms with E-state index in [2.05, 4.69) is 9.97 Å². The van der Waals surface area contributed by atoms with Crippen molar-refractivity contribution in [3.63, 3.8) is 0 Å². The van der Waals surface area contributed by atoms with E-state index >= 15 is 0 Å². The van der Waals surface area contributed by atoms with E-state index in [1.165, 1.54) is 18.2 Å². The van der Waals surface area contributed by atoms with Gasteiger partial charge in [-0.3, -0.25) is 0 Å². The third-order valence-electron chi connectivity index (χ3n) is 3.34. The van der Waals surface area contributed by atoms with E-state index in [1.54, 1.807) is 0 Å². The van der Waals surface area contributed by atoms with Crippen LogP contribution in [0.5, 0.6) is 0 Å². The fourth-order valence-corrected chi connectivity index (χ4v) is 2.55. The fraction of sp³-hybridized carbons (Fsp3) is 0.133. The first kappa shape index (κ1) is 17.3. The van der Waals surface area contributed by atoms with Gasteiger partial charge in [0.1, 0.15) is 5.82 Å². The van der Waals surface area contributed by atoms with Gasteiger partial charge in [0.2, 0.25) is 3.79 Å². The van der Waals surface area contributed by atoms with Crippen LogP contribution >= 0.6 is 34.8 Å². The van der Waals surface area contributed by atoms with Gasteiger partial charge in [0.05, 0.1) is 16.6 Å². The summed E-state index contributed by atoms with van der Waals surface area (Å²) in [6.07, 6.45) is -4.65. The average molecular weight is 398 g/mol. The Kier molecular flexibility index (Phi) is 4.18. The second-order valence-corrected chi connectivity index (χ2v) is 7.29. The number of aromatic amines is 1. The van der Waals surface area contributed by atoms with Crippen LogP contribution in [0.1, 0.15) is 11.4 Å². The largest absolute Gasteiger partial charge is 0.418 e. The molecule has 0 aliphatic rings. The lowest BCUT2D eigenvalue weighted by Crippen LogP contribution is -2.07. The molecule has 0 saturated heterocycles. The van der Waals surface area contributed by atoms with Gasteiger partial charge in [-0.05, 0) is 35.4 Å². The number of hydrogen-bond donors (Lipinski definition) is 1. The second kappa shape index (κ2) is 5.79. The molecule has 0 unspecified atom stereocenters. The van der Waals surface area contributed by atoms with Crippen molar-refractivity contribution in [2.45, 2.75) is 9.97 Å². The third-order valence-corrected chi connectivity index (χ3v) is 3.88. The van der Waals surface area contributed by atoms with Crippen molar-refractivity contribution in [2.24, 2.45) is 0 Å². The quantitative estimate of drug-likeness (QED) is 0.383. The van der Waals surface area contributed by atoms with Crippen molar-refractivity contribution in [1.29, 1.82) is 0 Å². The summed E-state index contributed by atoms with van der Waals surface area (Å²) in [5, 5.41) is 0. The standard InChI is InChI=1S/C15H7Cl3F4N2/c16-14(17,18)13-23-11-6-8(7-1-3-9(19)4-2-7)5-10(12(11)24-13)15(20,21)22/h1-6H,(H,23,24). The number of aromatic nitrogens is 2. The first-order chi connectivity index (χ1) is 11.1. The number of halogens is 7. The lowest BCUT2D eigenvalue weighted by atomic mass is 10.0. The van der Waals surface area contributed by atoms with Crippen molar-refractivity contribution >= 4 is 45.8 Å². The molecule has 3 aromatic rings. The maximum atomic E-state index is 13.4. The normalized spacial score (nSPS) is 12.8. The van der Waals surface area contributed by atoms with E-state index in [-0.39, 0.29) is 22.4 Å². The number of H-pyrrole nitrogens is 1. The van der Waals surface area contributed by atoms with Crippen LogP contribution in [-0.2, 0) is 9.97 Å². The van der Waals surface area contributed by atoms with Crippen molar-refractivity contribution in [2.75, 3.05) is 0 Å². The molecule has 24 heavy (non-hydrogen) atoms. The predicted octanol–water partition coefficient (Wildman–Crippen LogP) is 6.21. The summed E-state index contributed by atoms with van der Waals surface area (Å²) in [5.74, 6) is -0.710. The van der Waals surface area contributed by atoms with Crippen LogP contribution < -0.4 is 0 Å². The number of hydrogen-bond acceptors (Lipinski definition) is 1. The molecule has 0 bridgehead atoms. The molecule has 1 N–H and O–H groups in total. The lowest BCUT2D eigenvalue weighted by Gasteiger charge is -2.10. The second-order valence-electron chi connectivity index (χ2n) is 5.01. The van der Waals surface area contributed by atoms with E-state index in [9.17, 15) is 17.6 Å². The molecule has 2 nitrogen and oxygen atoms in total. The molecule has 0 saturated carbocycles. The summed E-state index contributed by atoms with van der Waals surface area (Å²) < 4.78 is 51.2. The number of imidazole rings is 1. The Hall–Kier alpha value is -1.50. The zero-order chi connectivity index (χ0) is 17.7. The Morgan fingerprint density at radius 3 is 2.08 bits per heavy atom. The highest BCUT2D eigenvalue weighted by Crippen LogP contribution is 2.41. The van der Waals surface area contributed by atoms with Gasteiger partial charge in [0, 0.05) is 0 Å². The molecule has 0 amide bonds. The van der Waals surface area contributed by atoms with E-state index < -0.39 is 21.3 Å². The summed E-state index contributed by atoms with van der Waals surface area (Å²) in [4.78, 5) is 6.35. The Morgan fingerprint density at radius 1 is 0.917 bits per heavy atom. The first-order valence-corrected chi connectivity index (χ1v) is 7.63. The maximum absolute atomic E-state index is 13.4. The van der Waals surface area contributed by atoms with Crippen LogP contribution in [0.3, 0.4) is 0 Å². The monoisotopic (exact) mass is 396 g/mol. The highest BCUT2D eigenvalue weighted by Gasteiger charge is 2.36. The summed E-state index contributed by atoms with van der Waals surface area (Å²) in [5.41, 5.74) is -0.619. The molecule has 126 valence electrons. The highest BCUT2D eigenvalue weighted by atomic mass is 35.6. The number of benzene rings is 2. The molecule has 0 aliphatic carbocycles. The fourth-order valence-electron chi connectivity index (χ4n) is 2.28. The number of nitrogens with one attached hydrogen (secondary N) is 1. The number of rotatable bonds is 1. The summed E-state index contributed by atoms with van der Waals surface area (Å²) in [6.45, 7) is 0. The van der Waals surface area contributed by atoms with Crippen molar-refractivity contribution < 1.29 is 17.6 Å². The Labute approximate surface area is 148 Å². The van der Waals surface area contributed by atoms with Gasteiger partial charge < -0.3 is 4.98 Å². The summed E-state index contributed by atoms with van der Waals surface area (Å²) in [6, 6.07) is 7.41. The highest BCUT2D eigenvalue weighted by molar-refractivity contribution is 6.66.